The molecule has 0 radical (unpaired) electrons. The largest absolute Gasteiger partial charge is 0.314 e. The molecule has 0 aliphatic carbocycles. The van der Waals surface area contributed by atoms with Gasteiger partial charge >= 0.3 is 0 Å². The molecule has 0 N–H and O–H groups in total. The highest BCUT2D eigenvalue weighted by Crippen LogP contribution is 2.36. The van der Waals surface area contributed by atoms with E-state index in [-0.39, 0.29) is 5.69 Å². The molecule has 0 unspecified atom stereocenters. The molecule has 1 aliphatic heterocycles. The molecule has 1 saturated heterocycles. The third kappa shape index (κ3) is 2.18. The van der Waals surface area contributed by atoms with Crippen molar-refractivity contribution in [2.45, 2.75) is 6.42 Å². The Bertz CT molecular complexity index is 394. The second-order valence-electron chi connectivity index (χ2n) is 3.18. The van der Waals surface area contributed by atoms with Crippen molar-refractivity contribution in [2.75, 3.05) is 16.6 Å². The molecule has 1 fully saturated rings. The maximum absolute atomic E-state index is 10.6. The number of nitro groups is 1. The van der Waals surface area contributed by atoms with Gasteiger partial charge in [0.2, 0.25) is 0 Å². The van der Waals surface area contributed by atoms with Crippen molar-refractivity contribution >= 4 is 34.9 Å². The summed E-state index contributed by atoms with van der Waals surface area (Å²) in [6.45, 7) is 0.894. The molecule has 0 atom stereocenters. The zero-order chi connectivity index (χ0) is 10.8. The number of nitrogens with zero attached hydrogens (tertiary/aromatic N) is 2. The lowest BCUT2D eigenvalue weighted by molar-refractivity contribution is -0.384. The third-order valence-corrected chi connectivity index (χ3v) is 3.64. The molecular formula is C9H9ClN2O2S. The van der Waals surface area contributed by atoms with E-state index in [0.29, 0.717) is 5.02 Å². The van der Waals surface area contributed by atoms with Gasteiger partial charge in [0, 0.05) is 24.4 Å². The standard InChI is InChI=1S/C9H9ClN2O2S/c10-8-3-2-7(12(13)14)6-9(8)11-4-1-5-15-11/h2-3,6H,1,4-5H2. The normalized spacial score (nSPS) is 15.7. The second-order valence-corrected chi connectivity index (χ2v) is 4.70. The van der Waals surface area contributed by atoms with Crippen LogP contribution in [0.5, 0.6) is 0 Å². The molecule has 1 aromatic rings. The third-order valence-electron chi connectivity index (χ3n) is 2.16. The first-order chi connectivity index (χ1) is 7.18. The lowest BCUT2D eigenvalue weighted by atomic mass is 10.2. The molecule has 15 heavy (non-hydrogen) atoms. The number of halogens is 1. The van der Waals surface area contributed by atoms with Crippen LogP contribution in [0.4, 0.5) is 11.4 Å². The number of benzene rings is 1. The highest BCUT2D eigenvalue weighted by molar-refractivity contribution is 8.00. The molecule has 0 aromatic heterocycles. The van der Waals surface area contributed by atoms with Crippen LogP contribution in [0.2, 0.25) is 5.02 Å². The number of rotatable bonds is 2. The van der Waals surface area contributed by atoms with Crippen molar-refractivity contribution in [3.63, 3.8) is 0 Å². The quantitative estimate of drug-likeness (QED) is 0.456. The minimum absolute atomic E-state index is 0.0851. The Balaban J connectivity index is 2.35. The predicted octanol–water partition coefficient (Wildman–Crippen LogP) is 3.11. The van der Waals surface area contributed by atoms with Gasteiger partial charge in [-0.15, -0.1) is 0 Å². The van der Waals surface area contributed by atoms with Gasteiger partial charge in [-0.2, -0.15) is 0 Å². The molecule has 1 aromatic carbocycles. The fraction of sp³-hybridized carbons (Fsp3) is 0.333. The summed E-state index contributed by atoms with van der Waals surface area (Å²) in [5.74, 6) is 1.04. The van der Waals surface area contributed by atoms with Gasteiger partial charge in [-0.25, -0.2) is 0 Å². The Morgan fingerprint density at radius 2 is 2.33 bits per heavy atom. The SMILES string of the molecule is O=[N+]([O-])c1ccc(Cl)c(N2CCCS2)c1. The Kier molecular flexibility index (Phi) is 3.02. The molecule has 1 aliphatic rings. The summed E-state index contributed by atoms with van der Waals surface area (Å²) in [5.41, 5.74) is 0.829. The fourth-order valence-corrected chi connectivity index (χ4v) is 2.74. The molecule has 0 saturated carbocycles. The lowest BCUT2D eigenvalue weighted by Crippen LogP contribution is -2.09. The predicted molar refractivity (Wildman–Crippen MR) is 62.5 cm³/mol. The average molecular weight is 245 g/mol. The van der Waals surface area contributed by atoms with Crippen LogP contribution in [0.25, 0.3) is 0 Å². The van der Waals surface area contributed by atoms with Crippen LogP contribution >= 0.6 is 23.5 Å². The monoisotopic (exact) mass is 244 g/mol. The molecule has 4 nitrogen and oxygen atoms in total. The summed E-state index contributed by atoms with van der Waals surface area (Å²) >= 11 is 7.66. The topological polar surface area (TPSA) is 46.4 Å². The number of nitro benzene ring substituents is 1. The van der Waals surface area contributed by atoms with E-state index in [1.165, 1.54) is 12.1 Å². The molecule has 6 heteroatoms. The van der Waals surface area contributed by atoms with Crippen LogP contribution in [-0.4, -0.2) is 17.2 Å². The van der Waals surface area contributed by atoms with Gasteiger partial charge in [-0.05, 0) is 24.4 Å². The Hall–Kier alpha value is -0.940. The first-order valence-corrected chi connectivity index (χ1v) is 5.85. The van der Waals surface area contributed by atoms with Crippen LogP contribution in [0, 0.1) is 10.1 Å². The van der Waals surface area contributed by atoms with Gasteiger partial charge in [-0.1, -0.05) is 11.6 Å². The van der Waals surface area contributed by atoms with Crippen molar-refractivity contribution < 1.29 is 4.92 Å². The molecule has 0 bridgehead atoms. The zero-order valence-corrected chi connectivity index (χ0v) is 9.42. The summed E-state index contributed by atoms with van der Waals surface area (Å²) < 4.78 is 2.01. The number of anilines is 1. The minimum atomic E-state index is -0.402. The summed E-state index contributed by atoms with van der Waals surface area (Å²) in [7, 11) is 0. The maximum atomic E-state index is 10.6. The smallest absolute Gasteiger partial charge is 0.271 e. The number of hydrogen-bond donors (Lipinski definition) is 0. The minimum Gasteiger partial charge on any atom is -0.314 e. The number of hydrogen-bond acceptors (Lipinski definition) is 4. The van der Waals surface area contributed by atoms with E-state index in [1.54, 1.807) is 18.0 Å². The first-order valence-electron chi connectivity index (χ1n) is 4.53. The van der Waals surface area contributed by atoms with Crippen molar-refractivity contribution in [1.82, 2.24) is 0 Å². The van der Waals surface area contributed by atoms with E-state index in [1.807, 2.05) is 4.31 Å². The van der Waals surface area contributed by atoms with Crippen molar-refractivity contribution in [1.29, 1.82) is 0 Å². The van der Waals surface area contributed by atoms with Crippen LogP contribution in [0.15, 0.2) is 18.2 Å². The van der Waals surface area contributed by atoms with Gasteiger partial charge < -0.3 is 4.31 Å². The van der Waals surface area contributed by atoms with Crippen molar-refractivity contribution in [2.24, 2.45) is 0 Å². The van der Waals surface area contributed by atoms with E-state index in [2.05, 4.69) is 0 Å². The maximum Gasteiger partial charge on any atom is 0.271 e. The average Bonchev–Trinajstić information content (AvgIpc) is 2.71. The Morgan fingerprint density at radius 3 is 2.93 bits per heavy atom. The van der Waals surface area contributed by atoms with Crippen LogP contribution in [-0.2, 0) is 0 Å². The molecule has 0 spiro atoms. The molecule has 2 rings (SSSR count). The van der Waals surface area contributed by atoms with E-state index in [0.717, 1.165) is 24.4 Å². The van der Waals surface area contributed by atoms with Crippen LogP contribution in [0.3, 0.4) is 0 Å². The summed E-state index contributed by atoms with van der Waals surface area (Å²) in [4.78, 5) is 10.2. The van der Waals surface area contributed by atoms with E-state index in [4.69, 9.17) is 11.6 Å². The van der Waals surface area contributed by atoms with Gasteiger partial charge in [0.15, 0.2) is 0 Å². The molecular weight excluding hydrogens is 236 g/mol. The molecule has 0 amide bonds. The van der Waals surface area contributed by atoms with Gasteiger partial charge in [-0.3, -0.25) is 10.1 Å². The van der Waals surface area contributed by atoms with Crippen LogP contribution in [0.1, 0.15) is 6.42 Å². The fourth-order valence-electron chi connectivity index (χ4n) is 1.44. The summed E-state index contributed by atoms with van der Waals surface area (Å²) in [5, 5.41) is 11.2. The summed E-state index contributed by atoms with van der Waals surface area (Å²) in [6.07, 6.45) is 1.09. The Morgan fingerprint density at radius 1 is 1.53 bits per heavy atom. The van der Waals surface area contributed by atoms with E-state index < -0.39 is 4.92 Å². The lowest BCUT2D eigenvalue weighted by Gasteiger charge is -2.16. The zero-order valence-electron chi connectivity index (χ0n) is 7.85. The van der Waals surface area contributed by atoms with Gasteiger partial charge in [0.1, 0.15) is 0 Å². The first kappa shape index (κ1) is 10.6. The Labute approximate surface area is 96.5 Å². The van der Waals surface area contributed by atoms with Gasteiger partial charge in [0.05, 0.1) is 15.6 Å². The van der Waals surface area contributed by atoms with Crippen molar-refractivity contribution in [3.8, 4) is 0 Å². The molecule has 1 heterocycles. The van der Waals surface area contributed by atoms with Crippen molar-refractivity contribution in [3.05, 3.63) is 33.3 Å². The highest BCUT2D eigenvalue weighted by atomic mass is 35.5. The van der Waals surface area contributed by atoms with Crippen LogP contribution < -0.4 is 4.31 Å². The highest BCUT2D eigenvalue weighted by Gasteiger charge is 2.19. The number of non-ortho nitro benzene ring substituents is 1. The summed E-state index contributed by atoms with van der Waals surface area (Å²) in [6, 6.07) is 4.53. The van der Waals surface area contributed by atoms with E-state index in [9.17, 15) is 10.1 Å². The van der Waals surface area contributed by atoms with Gasteiger partial charge in [0.25, 0.3) is 5.69 Å². The molecule has 80 valence electrons. The van der Waals surface area contributed by atoms with E-state index >= 15 is 0 Å². The second kappa shape index (κ2) is 4.28.